The van der Waals surface area contributed by atoms with E-state index >= 15 is 0 Å². The van der Waals surface area contributed by atoms with E-state index in [0.717, 1.165) is 0 Å². The number of hydrogen-bond donors (Lipinski definition) is 0. The van der Waals surface area contributed by atoms with Gasteiger partial charge in [0, 0.05) is 35.0 Å². The lowest BCUT2D eigenvalue weighted by molar-refractivity contribution is -0.659. The Labute approximate surface area is 152 Å². The van der Waals surface area contributed by atoms with Crippen LogP contribution < -0.4 is 4.57 Å². The minimum atomic E-state index is 1.25. The van der Waals surface area contributed by atoms with Crippen LogP contribution in [-0.4, -0.2) is 4.57 Å². The van der Waals surface area contributed by atoms with Gasteiger partial charge in [-0.15, -0.1) is 0 Å². The van der Waals surface area contributed by atoms with Crippen LogP contribution in [-0.2, 0) is 14.1 Å². The maximum Gasteiger partial charge on any atom is 0.213 e. The molecule has 0 amide bonds. The van der Waals surface area contributed by atoms with Crippen LogP contribution in [0.15, 0.2) is 72.9 Å². The van der Waals surface area contributed by atoms with E-state index < -0.39 is 0 Å². The molecule has 2 nitrogen and oxygen atoms in total. The fraction of sp³-hybridized carbons (Fsp3) is 0.125. The second-order valence-electron chi connectivity index (χ2n) is 7.16. The zero-order chi connectivity index (χ0) is 17.8. The zero-order valence-corrected chi connectivity index (χ0v) is 15.3. The first-order valence-corrected chi connectivity index (χ1v) is 9.00. The first-order valence-electron chi connectivity index (χ1n) is 9.00. The molecule has 0 bridgehead atoms. The van der Waals surface area contributed by atoms with Crippen LogP contribution in [0.25, 0.3) is 43.8 Å². The predicted molar refractivity (Wildman–Crippen MR) is 109 cm³/mol. The minimum absolute atomic E-state index is 1.25. The highest BCUT2D eigenvalue weighted by molar-refractivity contribution is 6.12. The molecule has 0 aliphatic rings. The van der Waals surface area contributed by atoms with Gasteiger partial charge in [0.1, 0.15) is 12.6 Å². The topological polar surface area (TPSA) is 8.81 Å². The average molecular weight is 337 g/mol. The highest BCUT2D eigenvalue weighted by atomic mass is 15.0. The number of aryl methyl sites for hydroxylation is 3. The summed E-state index contributed by atoms with van der Waals surface area (Å²) in [5, 5.41) is 5.20. The Morgan fingerprint density at radius 2 is 1.42 bits per heavy atom. The lowest BCUT2D eigenvalue weighted by Gasteiger charge is -2.05. The number of fused-ring (bicyclic) bond motifs is 4. The molecule has 5 aromatic rings. The molecule has 0 radical (unpaired) electrons. The molecule has 0 N–H and O–H groups in total. The van der Waals surface area contributed by atoms with E-state index in [0.29, 0.717) is 0 Å². The van der Waals surface area contributed by atoms with Crippen molar-refractivity contribution in [2.45, 2.75) is 6.92 Å². The third kappa shape index (κ3) is 2.08. The molecule has 126 valence electrons. The summed E-state index contributed by atoms with van der Waals surface area (Å²) in [7, 11) is 4.29. The molecule has 2 heterocycles. The smallest absolute Gasteiger partial charge is 0.213 e. The first kappa shape index (κ1) is 15.2. The summed E-state index contributed by atoms with van der Waals surface area (Å²) in [4.78, 5) is 0. The number of rotatable bonds is 1. The maximum absolute atomic E-state index is 2.34. The van der Waals surface area contributed by atoms with Gasteiger partial charge in [0.05, 0.1) is 0 Å². The molecular formula is C24H21N2+. The van der Waals surface area contributed by atoms with Crippen LogP contribution in [0.3, 0.4) is 0 Å². The second kappa shape index (κ2) is 5.43. The average Bonchev–Trinajstić information content (AvgIpc) is 2.91. The molecule has 0 aliphatic carbocycles. The SMILES string of the molecule is Cc1ccccc1-c1cc2c3cc4ccccc4cc3n(C)c2c[n+]1C. The molecule has 5 rings (SSSR count). The first-order chi connectivity index (χ1) is 12.6. The quantitative estimate of drug-likeness (QED) is 0.368. The predicted octanol–water partition coefficient (Wildman–Crippen LogP) is 5.28. The highest BCUT2D eigenvalue weighted by Crippen LogP contribution is 2.33. The molecule has 0 spiro atoms. The van der Waals surface area contributed by atoms with Crippen LogP contribution >= 0.6 is 0 Å². The van der Waals surface area contributed by atoms with Crippen LogP contribution in [0, 0.1) is 6.92 Å². The molecule has 26 heavy (non-hydrogen) atoms. The van der Waals surface area contributed by atoms with Gasteiger partial charge in [-0.05, 0) is 41.5 Å². The highest BCUT2D eigenvalue weighted by Gasteiger charge is 2.18. The minimum Gasteiger partial charge on any atom is -0.339 e. The van der Waals surface area contributed by atoms with Crippen molar-refractivity contribution in [1.82, 2.24) is 4.57 Å². The Hall–Kier alpha value is -3.13. The second-order valence-corrected chi connectivity index (χ2v) is 7.16. The van der Waals surface area contributed by atoms with Crippen LogP contribution in [0.1, 0.15) is 5.56 Å². The summed E-state index contributed by atoms with van der Waals surface area (Å²) < 4.78 is 4.54. The molecule has 0 unspecified atom stereocenters. The zero-order valence-electron chi connectivity index (χ0n) is 15.3. The molecule has 0 saturated heterocycles. The van der Waals surface area contributed by atoms with Crippen molar-refractivity contribution in [2.24, 2.45) is 14.1 Å². The van der Waals surface area contributed by atoms with Gasteiger partial charge in [0.2, 0.25) is 5.69 Å². The van der Waals surface area contributed by atoms with Crippen molar-refractivity contribution in [2.75, 3.05) is 0 Å². The molecule has 0 aliphatic heterocycles. The Balaban J connectivity index is 1.91. The fourth-order valence-electron chi connectivity index (χ4n) is 4.10. The number of benzene rings is 3. The van der Waals surface area contributed by atoms with Crippen molar-refractivity contribution in [1.29, 1.82) is 0 Å². The number of hydrogen-bond acceptors (Lipinski definition) is 0. The maximum atomic E-state index is 2.34. The summed E-state index contributed by atoms with van der Waals surface area (Å²) in [6.45, 7) is 2.18. The van der Waals surface area contributed by atoms with Gasteiger partial charge in [0.15, 0.2) is 6.20 Å². The van der Waals surface area contributed by atoms with Crippen LogP contribution in [0.4, 0.5) is 0 Å². The lowest BCUT2D eigenvalue weighted by atomic mass is 10.0. The third-order valence-corrected chi connectivity index (χ3v) is 5.55. The fourth-order valence-corrected chi connectivity index (χ4v) is 4.10. The van der Waals surface area contributed by atoms with Gasteiger partial charge >= 0.3 is 0 Å². The monoisotopic (exact) mass is 337 g/mol. The Kier molecular flexibility index (Phi) is 3.17. The Bertz CT molecular complexity index is 1310. The van der Waals surface area contributed by atoms with Gasteiger partial charge in [0.25, 0.3) is 0 Å². The van der Waals surface area contributed by atoms with Crippen molar-refractivity contribution in [3.05, 3.63) is 78.5 Å². The molecule has 2 aromatic heterocycles. The van der Waals surface area contributed by atoms with Crippen molar-refractivity contribution >= 4 is 32.6 Å². The van der Waals surface area contributed by atoms with E-state index in [-0.39, 0.29) is 0 Å². The summed E-state index contributed by atoms with van der Waals surface area (Å²) in [5.74, 6) is 0. The van der Waals surface area contributed by atoms with Crippen molar-refractivity contribution in [3.8, 4) is 11.3 Å². The number of nitrogens with zero attached hydrogens (tertiary/aromatic N) is 2. The Morgan fingerprint density at radius 1 is 0.769 bits per heavy atom. The summed E-state index contributed by atoms with van der Waals surface area (Å²) in [6.07, 6.45) is 2.25. The standard InChI is InChI=1S/C24H21N2/c1-16-8-4-7-11-19(16)22-14-21-20-12-17-9-5-6-10-18(17)13-23(20)26(3)24(21)15-25(22)2/h4-15H,1-3H3/q+1. The van der Waals surface area contributed by atoms with E-state index in [9.17, 15) is 0 Å². The van der Waals surface area contributed by atoms with Gasteiger partial charge < -0.3 is 4.57 Å². The summed E-state index contributed by atoms with van der Waals surface area (Å²) in [6, 6.07) is 24.2. The van der Waals surface area contributed by atoms with Crippen molar-refractivity contribution in [3.63, 3.8) is 0 Å². The van der Waals surface area contributed by atoms with E-state index in [1.807, 2.05) is 0 Å². The van der Waals surface area contributed by atoms with E-state index in [1.165, 1.54) is 49.4 Å². The van der Waals surface area contributed by atoms with Crippen molar-refractivity contribution < 1.29 is 4.57 Å². The molecule has 3 aromatic carbocycles. The Morgan fingerprint density at radius 3 is 2.19 bits per heavy atom. The van der Waals surface area contributed by atoms with Gasteiger partial charge in [-0.25, -0.2) is 0 Å². The van der Waals surface area contributed by atoms with Gasteiger partial charge in [-0.1, -0.05) is 42.5 Å². The van der Waals surface area contributed by atoms with Crippen LogP contribution in [0.5, 0.6) is 0 Å². The van der Waals surface area contributed by atoms with Gasteiger partial charge in [-0.3, -0.25) is 0 Å². The van der Waals surface area contributed by atoms with E-state index in [1.54, 1.807) is 0 Å². The summed E-state index contributed by atoms with van der Waals surface area (Å²) in [5.41, 5.74) is 6.37. The molecule has 0 saturated carbocycles. The molecular weight excluding hydrogens is 316 g/mol. The molecule has 2 heteroatoms. The number of pyridine rings is 1. The third-order valence-electron chi connectivity index (χ3n) is 5.55. The molecule has 0 fully saturated rings. The largest absolute Gasteiger partial charge is 0.339 e. The van der Waals surface area contributed by atoms with E-state index in [4.69, 9.17) is 0 Å². The normalized spacial score (nSPS) is 11.7. The molecule has 0 atom stereocenters. The summed E-state index contributed by atoms with van der Waals surface area (Å²) >= 11 is 0. The van der Waals surface area contributed by atoms with E-state index in [2.05, 4.69) is 103 Å². The number of aromatic nitrogens is 2. The lowest BCUT2D eigenvalue weighted by Crippen LogP contribution is -2.30. The van der Waals surface area contributed by atoms with Crippen LogP contribution in [0.2, 0.25) is 0 Å². The van der Waals surface area contributed by atoms with Gasteiger partial charge in [-0.2, -0.15) is 4.57 Å².